The quantitative estimate of drug-likeness (QED) is 0.867. The minimum absolute atomic E-state index is 0.00292. The fourth-order valence-electron chi connectivity index (χ4n) is 3.12. The van der Waals surface area contributed by atoms with Gasteiger partial charge in [-0.25, -0.2) is 4.79 Å². The summed E-state index contributed by atoms with van der Waals surface area (Å²) in [6.07, 6.45) is 3.96. The molecule has 0 radical (unpaired) electrons. The fourth-order valence-corrected chi connectivity index (χ4v) is 3.12. The number of nitrogens with two attached hydrogens (primary N) is 1. The maximum atomic E-state index is 12.3. The van der Waals surface area contributed by atoms with Gasteiger partial charge in [-0.1, -0.05) is 30.3 Å². The zero-order valence-corrected chi connectivity index (χ0v) is 14.4. The molecule has 7 heteroatoms. The van der Waals surface area contributed by atoms with Crippen molar-refractivity contribution < 1.29 is 14.3 Å². The van der Waals surface area contributed by atoms with Crippen molar-refractivity contribution in [1.82, 2.24) is 15.2 Å². The van der Waals surface area contributed by atoms with Gasteiger partial charge in [0.1, 0.15) is 11.9 Å². The molecule has 1 aliphatic heterocycles. The first-order valence-electron chi connectivity index (χ1n) is 8.58. The number of urea groups is 1. The minimum atomic E-state index is -0.485. The third-order valence-corrected chi connectivity index (χ3v) is 4.43. The molecule has 0 spiro atoms. The zero-order chi connectivity index (χ0) is 18.4. The van der Waals surface area contributed by atoms with Gasteiger partial charge >= 0.3 is 6.03 Å². The average molecular weight is 354 g/mol. The number of aromatic nitrogens is 1. The highest BCUT2D eigenvalue weighted by Gasteiger charge is 2.34. The van der Waals surface area contributed by atoms with E-state index in [2.05, 4.69) is 10.3 Å². The summed E-state index contributed by atoms with van der Waals surface area (Å²) in [5.41, 5.74) is 6.36. The monoisotopic (exact) mass is 354 g/mol. The highest BCUT2D eigenvalue weighted by Crippen LogP contribution is 2.30. The maximum Gasteiger partial charge on any atom is 0.324 e. The number of amides is 3. The Morgan fingerprint density at radius 3 is 2.62 bits per heavy atom. The third kappa shape index (κ3) is 4.37. The number of likely N-dealkylation sites (tertiary alicyclic amines) is 1. The Kier molecular flexibility index (Phi) is 5.80. The Balaban J connectivity index is 1.76. The molecule has 1 aromatic heterocycles. The van der Waals surface area contributed by atoms with E-state index < -0.39 is 11.9 Å². The summed E-state index contributed by atoms with van der Waals surface area (Å²) in [4.78, 5) is 29.3. The van der Waals surface area contributed by atoms with Crippen LogP contribution in [0.4, 0.5) is 4.79 Å². The molecular weight excluding hydrogens is 332 g/mol. The summed E-state index contributed by atoms with van der Waals surface area (Å²) in [5, 5.41) is 2.31. The molecule has 1 aromatic carbocycles. The Morgan fingerprint density at radius 2 is 1.92 bits per heavy atom. The van der Waals surface area contributed by atoms with Gasteiger partial charge in [0.2, 0.25) is 5.91 Å². The molecule has 1 fully saturated rings. The molecule has 0 bridgehead atoms. The van der Waals surface area contributed by atoms with Gasteiger partial charge in [-0.15, -0.1) is 0 Å². The van der Waals surface area contributed by atoms with E-state index in [1.54, 1.807) is 17.3 Å². The zero-order valence-electron chi connectivity index (χ0n) is 14.4. The van der Waals surface area contributed by atoms with Crippen molar-refractivity contribution in [2.45, 2.75) is 18.4 Å². The molecule has 0 saturated carbocycles. The maximum absolute atomic E-state index is 12.3. The van der Waals surface area contributed by atoms with E-state index in [1.807, 2.05) is 42.5 Å². The lowest BCUT2D eigenvalue weighted by Crippen LogP contribution is -2.52. The van der Waals surface area contributed by atoms with Crippen LogP contribution in [-0.2, 0) is 4.79 Å². The van der Waals surface area contributed by atoms with Gasteiger partial charge in [0.15, 0.2) is 0 Å². The average Bonchev–Trinajstić information content (AvgIpc) is 2.69. The Labute approximate surface area is 152 Å². The molecule has 2 aromatic rings. The molecule has 2 unspecified atom stereocenters. The second-order valence-electron chi connectivity index (χ2n) is 6.15. The number of piperidine rings is 1. The summed E-state index contributed by atoms with van der Waals surface area (Å²) in [5.74, 6) is 0.264. The van der Waals surface area contributed by atoms with Gasteiger partial charge in [0.25, 0.3) is 0 Å². The molecule has 2 atom stereocenters. The van der Waals surface area contributed by atoms with Crippen molar-refractivity contribution in [2.24, 2.45) is 5.73 Å². The highest BCUT2D eigenvalue weighted by atomic mass is 16.5. The SMILES string of the molecule is NCC(=O)NC(=O)N1CCC(Oc2ccncc2)C(c2ccccc2)C1. The molecule has 3 rings (SSSR count). The number of carbonyl (C=O) groups is 2. The van der Waals surface area contributed by atoms with Crippen LogP contribution in [0.25, 0.3) is 0 Å². The number of nitrogens with zero attached hydrogens (tertiary/aromatic N) is 2. The van der Waals surface area contributed by atoms with E-state index in [-0.39, 0.29) is 18.6 Å². The molecule has 2 heterocycles. The molecule has 0 aliphatic carbocycles. The molecule has 26 heavy (non-hydrogen) atoms. The standard InChI is InChI=1S/C19H22N4O3/c20-12-18(24)22-19(25)23-11-8-17(26-15-6-9-21-10-7-15)16(13-23)14-4-2-1-3-5-14/h1-7,9-10,16-17H,8,11-13,20H2,(H,22,24,25). The lowest BCUT2D eigenvalue weighted by molar-refractivity contribution is -0.118. The first-order valence-corrected chi connectivity index (χ1v) is 8.58. The highest BCUT2D eigenvalue weighted by molar-refractivity contribution is 5.95. The number of ether oxygens (including phenoxy) is 1. The fraction of sp³-hybridized carbons (Fsp3) is 0.316. The van der Waals surface area contributed by atoms with Crippen LogP contribution in [0.5, 0.6) is 5.75 Å². The molecule has 1 saturated heterocycles. The Hall–Kier alpha value is -2.93. The first-order chi connectivity index (χ1) is 12.7. The normalized spacial score (nSPS) is 19.7. The second-order valence-corrected chi connectivity index (χ2v) is 6.15. The predicted octanol–water partition coefficient (Wildman–Crippen LogP) is 1.51. The predicted molar refractivity (Wildman–Crippen MR) is 96.6 cm³/mol. The van der Waals surface area contributed by atoms with Crippen molar-refractivity contribution in [3.05, 3.63) is 60.4 Å². The number of carbonyl (C=O) groups excluding carboxylic acids is 2. The summed E-state index contributed by atoms with van der Waals surface area (Å²) in [6.45, 7) is 0.752. The smallest absolute Gasteiger partial charge is 0.324 e. The Morgan fingerprint density at radius 1 is 1.19 bits per heavy atom. The van der Waals surface area contributed by atoms with Crippen molar-refractivity contribution >= 4 is 11.9 Å². The Bertz CT molecular complexity index is 739. The first kappa shape index (κ1) is 17.9. The van der Waals surface area contributed by atoms with Gasteiger partial charge in [-0.2, -0.15) is 0 Å². The van der Waals surface area contributed by atoms with E-state index in [9.17, 15) is 9.59 Å². The van der Waals surface area contributed by atoms with E-state index >= 15 is 0 Å². The van der Waals surface area contributed by atoms with Crippen molar-refractivity contribution in [1.29, 1.82) is 0 Å². The van der Waals surface area contributed by atoms with E-state index in [1.165, 1.54) is 0 Å². The van der Waals surface area contributed by atoms with Crippen LogP contribution < -0.4 is 15.8 Å². The summed E-state index contributed by atoms with van der Waals surface area (Å²) in [6, 6.07) is 13.2. The lowest BCUT2D eigenvalue weighted by Gasteiger charge is -2.38. The molecule has 7 nitrogen and oxygen atoms in total. The van der Waals surface area contributed by atoms with Gasteiger partial charge in [0.05, 0.1) is 6.54 Å². The van der Waals surface area contributed by atoms with Crippen LogP contribution in [0.15, 0.2) is 54.9 Å². The summed E-state index contributed by atoms with van der Waals surface area (Å²) < 4.78 is 6.17. The number of hydrogen-bond acceptors (Lipinski definition) is 5. The summed E-state index contributed by atoms with van der Waals surface area (Å²) >= 11 is 0. The molecule has 3 amide bonds. The summed E-state index contributed by atoms with van der Waals surface area (Å²) in [7, 11) is 0. The number of hydrogen-bond donors (Lipinski definition) is 2. The minimum Gasteiger partial charge on any atom is -0.490 e. The third-order valence-electron chi connectivity index (χ3n) is 4.43. The van der Waals surface area contributed by atoms with Crippen molar-refractivity contribution in [3.63, 3.8) is 0 Å². The van der Waals surface area contributed by atoms with E-state index in [4.69, 9.17) is 10.5 Å². The van der Waals surface area contributed by atoms with Gasteiger partial charge < -0.3 is 15.4 Å². The van der Waals surface area contributed by atoms with Gasteiger partial charge in [-0.05, 0) is 17.7 Å². The van der Waals surface area contributed by atoms with Crippen LogP contribution in [0.1, 0.15) is 17.9 Å². The molecule has 1 aliphatic rings. The number of benzene rings is 1. The van der Waals surface area contributed by atoms with Crippen LogP contribution in [0.2, 0.25) is 0 Å². The van der Waals surface area contributed by atoms with E-state index in [0.717, 1.165) is 11.3 Å². The van der Waals surface area contributed by atoms with Crippen LogP contribution in [-0.4, -0.2) is 47.6 Å². The van der Waals surface area contributed by atoms with Crippen molar-refractivity contribution in [2.75, 3.05) is 19.6 Å². The number of pyridine rings is 1. The topological polar surface area (TPSA) is 97.5 Å². The van der Waals surface area contributed by atoms with E-state index in [0.29, 0.717) is 19.5 Å². The van der Waals surface area contributed by atoms with Crippen LogP contribution in [0, 0.1) is 0 Å². The van der Waals surface area contributed by atoms with Gasteiger partial charge in [-0.3, -0.25) is 15.1 Å². The number of nitrogens with one attached hydrogen (secondary N) is 1. The van der Waals surface area contributed by atoms with Gasteiger partial charge in [0, 0.05) is 37.8 Å². The largest absolute Gasteiger partial charge is 0.490 e. The number of rotatable bonds is 4. The molecular formula is C19H22N4O3. The molecule has 3 N–H and O–H groups in total. The van der Waals surface area contributed by atoms with Crippen molar-refractivity contribution in [3.8, 4) is 5.75 Å². The second kappa shape index (κ2) is 8.44. The van der Waals surface area contributed by atoms with Crippen LogP contribution in [0.3, 0.4) is 0 Å². The lowest BCUT2D eigenvalue weighted by atomic mass is 9.88. The molecule has 136 valence electrons. The number of imide groups is 1. The van der Waals surface area contributed by atoms with Crippen LogP contribution >= 0.6 is 0 Å².